The van der Waals surface area contributed by atoms with Crippen LogP contribution in [0.5, 0.6) is 0 Å². The van der Waals surface area contributed by atoms with Crippen molar-refractivity contribution in [3.63, 3.8) is 0 Å². The number of aromatic nitrogens is 2. The zero-order valence-electron chi connectivity index (χ0n) is 9.75. The number of nitrogens with zero attached hydrogens (tertiary/aromatic N) is 2. The normalized spacial score (nSPS) is 10.9. The quantitative estimate of drug-likeness (QED) is 0.553. The molecule has 0 aliphatic rings. The highest BCUT2D eigenvalue weighted by Crippen LogP contribution is 2.30. The van der Waals surface area contributed by atoms with Gasteiger partial charge in [-0.05, 0) is 24.3 Å². The van der Waals surface area contributed by atoms with Crippen molar-refractivity contribution in [1.82, 2.24) is 9.55 Å². The maximum atomic E-state index is 11.0. The van der Waals surface area contributed by atoms with Crippen LogP contribution in [-0.4, -0.2) is 14.5 Å². The van der Waals surface area contributed by atoms with Crippen LogP contribution >= 0.6 is 0 Å². The zero-order chi connectivity index (χ0) is 12.7. The molecule has 1 aromatic carbocycles. The molecule has 2 heterocycles. The molecule has 3 rings (SSSR count). The fraction of sp³-hybridized carbons (Fsp3) is 0.0769. The van der Waals surface area contributed by atoms with Gasteiger partial charge in [0.25, 0.3) is 5.69 Å². The highest BCUT2D eigenvalue weighted by atomic mass is 16.6. The average Bonchev–Trinajstić information content (AvgIpc) is 2.92. The lowest BCUT2D eigenvalue weighted by Gasteiger charge is -1.98. The molecule has 18 heavy (non-hydrogen) atoms. The zero-order valence-corrected chi connectivity index (χ0v) is 9.75. The first-order valence-electron chi connectivity index (χ1n) is 5.54. The van der Waals surface area contributed by atoms with Crippen LogP contribution in [0, 0.1) is 10.1 Å². The van der Waals surface area contributed by atoms with Crippen molar-refractivity contribution in [2.75, 3.05) is 0 Å². The summed E-state index contributed by atoms with van der Waals surface area (Å²) in [4.78, 5) is 13.8. The van der Waals surface area contributed by atoms with Crippen LogP contribution in [0.1, 0.15) is 0 Å². The molecule has 3 aromatic rings. The monoisotopic (exact) mass is 241 g/mol. The molecule has 5 nitrogen and oxygen atoms in total. The first kappa shape index (κ1) is 10.6. The summed E-state index contributed by atoms with van der Waals surface area (Å²) < 4.78 is 1.97. The van der Waals surface area contributed by atoms with Gasteiger partial charge in [0.2, 0.25) is 0 Å². The number of nitrogens with one attached hydrogen (secondary N) is 1. The molecule has 0 atom stereocenters. The van der Waals surface area contributed by atoms with E-state index >= 15 is 0 Å². The second-order valence-corrected chi connectivity index (χ2v) is 4.18. The molecule has 0 aliphatic carbocycles. The van der Waals surface area contributed by atoms with E-state index in [0.29, 0.717) is 5.39 Å². The van der Waals surface area contributed by atoms with E-state index in [2.05, 4.69) is 4.98 Å². The number of non-ortho nitro benzene ring substituents is 1. The van der Waals surface area contributed by atoms with Crippen molar-refractivity contribution in [1.29, 1.82) is 0 Å². The lowest BCUT2D eigenvalue weighted by Crippen LogP contribution is -1.88. The topological polar surface area (TPSA) is 63.9 Å². The van der Waals surface area contributed by atoms with Gasteiger partial charge in [-0.25, -0.2) is 0 Å². The van der Waals surface area contributed by atoms with Gasteiger partial charge in [0, 0.05) is 19.3 Å². The van der Waals surface area contributed by atoms with E-state index in [1.54, 1.807) is 6.07 Å². The van der Waals surface area contributed by atoms with Crippen molar-refractivity contribution in [2.24, 2.45) is 7.05 Å². The van der Waals surface area contributed by atoms with Crippen LogP contribution in [0.25, 0.3) is 22.3 Å². The predicted molar refractivity (Wildman–Crippen MR) is 69.4 cm³/mol. The minimum atomic E-state index is -0.356. The summed E-state index contributed by atoms with van der Waals surface area (Å²) in [5.74, 6) is 0. The Labute approximate surface area is 103 Å². The molecule has 2 aromatic heterocycles. The van der Waals surface area contributed by atoms with Crippen LogP contribution in [0.15, 0.2) is 42.6 Å². The van der Waals surface area contributed by atoms with Gasteiger partial charge in [0.1, 0.15) is 0 Å². The van der Waals surface area contributed by atoms with E-state index in [0.717, 1.165) is 16.9 Å². The Kier molecular flexibility index (Phi) is 2.19. The predicted octanol–water partition coefficient (Wildman–Crippen LogP) is 3.08. The fourth-order valence-electron chi connectivity index (χ4n) is 2.18. The van der Waals surface area contributed by atoms with Gasteiger partial charge in [-0.15, -0.1) is 0 Å². The molecule has 0 amide bonds. The highest BCUT2D eigenvalue weighted by molar-refractivity contribution is 5.92. The SMILES string of the molecule is Cn1cccc1-c1cc2c([N+](=O)[O-])cccc2[nH]1. The number of benzene rings is 1. The summed E-state index contributed by atoms with van der Waals surface area (Å²) in [6.45, 7) is 0. The minimum Gasteiger partial charge on any atom is -0.353 e. The number of nitro groups is 1. The third-order valence-corrected chi connectivity index (χ3v) is 3.06. The van der Waals surface area contributed by atoms with Gasteiger partial charge in [-0.3, -0.25) is 10.1 Å². The molecule has 0 fully saturated rings. The molecule has 0 unspecified atom stereocenters. The molecule has 5 heteroatoms. The summed E-state index contributed by atoms with van der Waals surface area (Å²) in [7, 11) is 1.94. The molecular formula is C13H11N3O2. The molecule has 0 saturated heterocycles. The van der Waals surface area contributed by atoms with Crippen molar-refractivity contribution in [2.45, 2.75) is 0 Å². The molecule has 0 radical (unpaired) electrons. The Bertz CT molecular complexity index is 740. The first-order chi connectivity index (χ1) is 8.66. The molecule has 0 bridgehead atoms. The van der Waals surface area contributed by atoms with Crippen molar-refractivity contribution in [3.05, 3.63) is 52.7 Å². The van der Waals surface area contributed by atoms with Gasteiger partial charge >= 0.3 is 0 Å². The third kappa shape index (κ3) is 1.48. The number of aryl methyl sites for hydroxylation is 1. The Morgan fingerprint density at radius 3 is 2.78 bits per heavy atom. The van der Waals surface area contributed by atoms with Gasteiger partial charge in [0.15, 0.2) is 0 Å². The largest absolute Gasteiger partial charge is 0.353 e. The lowest BCUT2D eigenvalue weighted by molar-refractivity contribution is -0.383. The second kappa shape index (κ2) is 3.73. The summed E-state index contributed by atoms with van der Waals surface area (Å²) >= 11 is 0. The maximum absolute atomic E-state index is 11.0. The van der Waals surface area contributed by atoms with Crippen LogP contribution in [0.4, 0.5) is 5.69 Å². The highest BCUT2D eigenvalue weighted by Gasteiger charge is 2.14. The number of aromatic amines is 1. The first-order valence-corrected chi connectivity index (χ1v) is 5.54. The van der Waals surface area contributed by atoms with Crippen LogP contribution < -0.4 is 0 Å². The number of hydrogen-bond acceptors (Lipinski definition) is 2. The Morgan fingerprint density at radius 2 is 2.11 bits per heavy atom. The third-order valence-electron chi connectivity index (χ3n) is 3.06. The smallest absolute Gasteiger partial charge is 0.278 e. The Hall–Kier alpha value is -2.56. The van der Waals surface area contributed by atoms with E-state index in [1.807, 2.05) is 42.1 Å². The van der Waals surface area contributed by atoms with Gasteiger partial charge < -0.3 is 9.55 Å². The number of nitro benzene ring substituents is 1. The van der Waals surface area contributed by atoms with Crippen LogP contribution in [0.3, 0.4) is 0 Å². The number of rotatable bonds is 2. The van der Waals surface area contributed by atoms with E-state index in [-0.39, 0.29) is 10.6 Å². The number of hydrogen-bond donors (Lipinski definition) is 1. The van der Waals surface area contributed by atoms with Gasteiger partial charge in [-0.2, -0.15) is 0 Å². The minimum absolute atomic E-state index is 0.129. The molecule has 1 N–H and O–H groups in total. The molecule has 0 spiro atoms. The van der Waals surface area contributed by atoms with Crippen LogP contribution in [0.2, 0.25) is 0 Å². The number of fused-ring (bicyclic) bond motifs is 1. The molecule has 0 aliphatic heterocycles. The fourth-order valence-corrected chi connectivity index (χ4v) is 2.18. The van der Waals surface area contributed by atoms with Gasteiger partial charge in [0.05, 0.1) is 27.2 Å². The van der Waals surface area contributed by atoms with Gasteiger partial charge in [-0.1, -0.05) is 6.07 Å². The summed E-state index contributed by atoms with van der Waals surface area (Å²) in [5.41, 5.74) is 2.79. The van der Waals surface area contributed by atoms with Crippen molar-refractivity contribution >= 4 is 16.6 Å². The summed E-state index contributed by atoms with van der Waals surface area (Å²) in [5, 5.41) is 11.6. The maximum Gasteiger partial charge on any atom is 0.278 e. The van der Waals surface area contributed by atoms with Crippen molar-refractivity contribution in [3.8, 4) is 11.4 Å². The van der Waals surface area contributed by atoms with E-state index in [1.165, 1.54) is 6.07 Å². The van der Waals surface area contributed by atoms with Crippen LogP contribution in [-0.2, 0) is 7.05 Å². The van der Waals surface area contributed by atoms with E-state index in [4.69, 9.17) is 0 Å². The summed E-state index contributed by atoms with van der Waals surface area (Å²) in [6.07, 6.45) is 1.94. The number of H-pyrrole nitrogens is 1. The standard InChI is InChI=1S/C13H11N3O2/c1-15-7-3-6-13(15)11-8-9-10(14-11)4-2-5-12(9)16(17)18/h2-8,14H,1H3. The lowest BCUT2D eigenvalue weighted by atomic mass is 10.2. The van der Waals surface area contributed by atoms with E-state index in [9.17, 15) is 10.1 Å². The van der Waals surface area contributed by atoms with Crippen molar-refractivity contribution < 1.29 is 4.92 Å². The summed E-state index contributed by atoms with van der Waals surface area (Å²) in [6, 6.07) is 10.8. The Balaban J connectivity index is 2.26. The Morgan fingerprint density at radius 1 is 1.28 bits per heavy atom. The molecule has 90 valence electrons. The molecule has 0 saturated carbocycles. The molecular weight excluding hydrogens is 230 g/mol. The average molecular weight is 241 g/mol. The van der Waals surface area contributed by atoms with E-state index < -0.39 is 0 Å². The second-order valence-electron chi connectivity index (χ2n) is 4.18.